The summed E-state index contributed by atoms with van der Waals surface area (Å²) in [4.78, 5) is 0. The van der Waals surface area contributed by atoms with Crippen molar-refractivity contribution in [3.05, 3.63) is 47.5 Å². The van der Waals surface area contributed by atoms with Gasteiger partial charge in [-0.25, -0.2) is 0 Å². The van der Waals surface area contributed by atoms with Gasteiger partial charge in [0.2, 0.25) is 0 Å². The summed E-state index contributed by atoms with van der Waals surface area (Å²) >= 11 is 0. The number of aryl methyl sites for hydroxylation is 1. The van der Waals surface area contributed by atoms with Gasteiger partial charge in [0, 0.05) is 17.6 Å². The summed E-state index contributed by atoms with van der Waals surface area (Å²) < 4.78 is 0. The summed E-state index contributed by atoms with van der Waals surface area (Å²) in [6.45, 7) is 4.44. The fourth-order valence-electron chi connectivity index (χ4n) is 5.62. The van der Waals surface area contributed by atoms with E-state index < -0.39 is 8.80 Å². The van der Waals surface area contributed by atoms with Crippen molar-refractivity contribution < 1.29 is 0 Å². The minimum Gasteiger partial charge on any atom is -0.0917 e. The lowest BCUT2D eigenvalue weighted by atomic mass is 9.92. The van der Waals surface area contributed by atoms with Crippen LogP contribution in [-0.2, 0) is 6.42 Å². The van der Waals surface area contributed by atoms with Crippen LogP contribution in [0, 0.1) is 0 Å². The Morgan fingerprint density at radius 2 is 1.65 bits per heavy atom. The van der Waals surface area contributed by atoms with E-state index in [1.54, 1.807) is 48.6 Å². The highest BCUT2D eigenvalue weighted by atomic mass is 28.3. The van der Waals surface area contributed by atoms with Gasteiger partial charge < -0.3 is 0 Å². The summed E-state index contributed by atoms with van der Waals surface area (Å²) in [6.07, 6.45) is 14.8. The highest BCUT2D eigenvalue weighted by molar-refractivity contribution is 6.63. The molecule has 0 spiro atoms. The molecule has 3 rings (SSSR count). The second kappa shape index (κ2) is 10.7. The molecule has 0 radical (unpaired) electrons. The van der Waals surface area contributed by atoms with Gasteiger partial charge in [0.05, 0.1) is 0 Å². The SMILES string of the molecule is CC=CCC[Si@H]1CC[C@H]([Si@H]2CC[C@H](c3ccc(CCC)cc3)CC2)CC1. The topological polar surface area (TPSA) is 0 Å². The van der Waals surface area contributed by atoms with Crippen LogP contribution in [0.25, 0.3) is 0 Å². The first-order chi connectivity index (χ1) is 12.8. The van der Waals surface area contributed by atoms with Crippen LogP contribution in [0.1, 0.15) is 69.4 Å². The molecular weight excluding hydrogens is 344 g/mol. The van der Waals surface area contributed by atoms with E-state index >= 15 is 0 Å². The largest absolute Gasteiger partial charge is 0.0917 e. The molecule has 0 N–H and O–H groups in total. The molecule has 2 aliphatic rings. The average Bonchev–Trinajstić information content (AvgIpc) is 2.70. The first-order valence-electron chi connectivity index (χ1n) is 11.5. The molecule has 0 saturated carbocycles. The molecule has 1 aromatic rings. The minimum absolute atomic E-state index is 0.352. The molecule has 0 atom stereocenters. The Morgan fingerprint density at radius 1 is 0.962 bits per heavy atom. The fraction of sp³-hybridized carbons (Fsp3) is 0.667. The first kappa shape index (κ1) is 20.1. The predicted molar refractivity (Wildman–Crippen MR) is 123 cm³/mol. The van der Waals surface area contributed by atoms with Crippen LogP contribution in [0.3, 0.4) is 0 Å². The lowest BCUT2D eigenvalue weighted by Crippen LogP contribution is -2.30. The van der Waals surface area contributed by atoms with Crippen molar-refractivity contribution in [2.45, 2.75) is 100 Å². The van der Waals surface area contributed by atoms with Gasteiger partial charge in [0.15, 0.2) is 0 Å². The highest BCUT2D eigenvalue weighted by Gasteiger charge is 2.32. The molecule has 26 heavy (non-hydrogen) atoms. The van der Waals surface area contributed by atoms with Crippen molar-refractivity contribution in [3.63, 3.8) is 0 Å². The monoisotopic (exact) mass is 384 g/mol. The van der Waals surface area contributed by atoms with E-state index in [0.29, 0.717) is 0 Å². The second-order valence-corrected chi connectivity index (χ2v) is 16.1. The third kappa shape index (κ3) is 5.69. The van der Waals surface area contributed by atoms with Crippen molar-refractivity contribution in [1.82, 2.24) is 0 Å². The standard InChI is InChI=1S/C24H40Si2/c1-3-5-6-16-25-17-14-24(15-18-25)26-19-12-23(13-20-26)22-10-8-21(7-4-2)9-11-22/h3,5,8-11,23-26H,4,6-7,12-20H2,1-2H3/t23-,24-,25-,26-. The molecule has 144 valence electrons. The van der Waals surface area contributed by atoms with Crippen molar-refractivity contribution in [2.24, 2.45) is 0 Å². The van der Waals surface area contributed by atoms with Crippen LogP contribution in [-0.4, -0.2) is 17.6 Å². The summed E-state index contributed by atoms with van der Waals surface area (Å²) in [5.41, 5.74) is 4.38. The molecule has 0 nitrogen and oxygen atoms in total. The molecule has 2 heteroatoms. The number of hydrogen-bond donors (Lipinski definition) is 0. The zero-order valence-electron chi connectivity index (χ0n) is 17.3. The maximum Gasteiger partial charge on any atom is 0.0399 e. The van der Waals surface area contributed by atoms with Gasteiger partial charge in [0.25, 0.3) is 0 Å². The van der Waals surface area contributed by atoms with Crippen LogP contribution >= 0.6 is 0 Å². The van der Waals surface area contributed by atoms with Gasteiger partial charge in [-0.1, -0.05) is 92.8 Å². The molecule has 0 bridgehead atoms. The zero-order valence-corrected chi connectivity index (χ0v) is 19.6. The maximum atomic E-state index is 2.44. The third-order valence-corrected chi connectivity index (χ3v) is 14.9. The Labute approximate surface area is 165 Å². The van der Waals surface area contributed by atoms with E-state index in [9.17, 15) is 0 Å². The zero-order chi connectivity index (χ0) is 18.2. The van der Waals surface area contributed by atoms with Gasteiger partial charge in [-0.15, -0.1) is 0 Å². The Balaban J connectivity index is 1.41. The fourth-order valence-corrected chi connectivity index (χ4v) is 13.9. The molecule has 0 unspecified atom stereocenters. The van der Waals surface area contributed by atoms with Gasteiger partial charge in [-0.05, 0) is 55.2 Å². The molecule has 0 aromatic heterocycles. The molecule has 0 amide bonds. The van der Waals surface area contributed by atoms with Crippen molar-refractivity contribution in [3.8, 4) is 0 Å². The summed E-state index contributed by atoms with van der Waals surface area (Å²) in [5.74, 6) is 0.876. The smallest absolute Gasteiger partial charge is 0.0399 e. The lowest BCUT2D eigenvalue weighted by molar-refractivity contribution is 0.585. The summed E-state index contributed by atoms with van der Waals surface area (Å²) in [7, 11) is -0.795. The predicted octanol–water partition coefficient (Wildman–Crippen LogP) is 7.10. The second-order valence-electron chi connectivity index (χ2n) is 9.03. The van der Waals surface area contributed by atoms with E-state index in [0.717, 1.165) is 5.92 Å². The molecule has 2 saturated heterocycles. The summed E-state index contributed by atoms with van der Waals surface area (Å²) in [6, 6.07) is 17.9. The van der Waals surface area contributed by atoms with Crippen LogP contribution in [0.2, 0.25) is 35.8 Å². The van der Waals surface area contributed by atoms with E-state index in [4.69, 9.17) is 0 Å². The number of benzene rings is 1. The lowest BCUT2D eigenvalue weighted by Gasteiger charge is -2.37. The number of rotatable bonds is 7. The van der Waals surface area contributed by atoms with Gasteiger partial charge >= 0.3 is 0 Å². The van der Waals surface area contributed by atoms with Crippen molar-refractivity contribution in [1.29, 1.82) is 0 Å². The minimum atomic E-state index is -0.443. The normalized spacial score (nSPS) is 29.9. The Bertz CT molecular complexity index is 532. The average molecular weight is 385 g/mol. The van der Waals surface area contributed by atoms with Gasteiger partial charge in [0.1, 0.15) is 0 Å². The summed E-state index contributed by atoms with van der Waals surface area (Å²) in [5, 5.41) is 0. The Hall–Kier alpha value is -0.606. The number of hydrogen-bond acceptors (Lipinski definition) is 0. The van der Waals surface area contributed by atoms with E-state index in [-0.39, 0.29) is 8.80 Å². The van der Waals surface area contributed by atoms with Crippen LogP contribution in [0.5, 0.6) is 0 Å². The molecule has 0 aliphatic carbocycles. The van der Waals surface area contributed by atoms with Crippen molar-refractivity contribution >= 4 is 17.6 Å². The van der Waals surface area contributed by atoms with Gasteiger partial charge in [-0.3, -0.25) is 0 Å². The number of allylic oxidation sites excluding steroid dienone is 2. The molecule has 2 aliphatic heterocycles. The third-order valence-electron chi connectivity index (χ3n) is 7.30. The van der Waals surface area contributed by atoms with Crippen LogP contribution < -0.4 is 0 Å². The highest BCUT2D eigenvalue weighted by Crippen LogP contribution is 2.42. The maximum absolute atomic E-state index is 2.44. The molecular formula is C24H40Si2. The first-order valence-corrected chi connectivity index (χ1v) is 16.2. The molecule has 2 fully saturated rings. The quantitative estimate of drug-likeness (QED) is 0.347. The molecule has 2 heterocycles. The van der Waals surface area contributed by atoms with Gasteiger partial charge in [-0.2, -0.15) is 0 Å². The Kier molecular flexibility index (Phi) is 8.25. The van der Waals surface area contributed by atoms with E-state index in [1.165, 1.54) is 43.2 Å². The molecule has 1 aromatic carbocycles. The van der Waals surface area contributed by atoms with E-state index in [1.807, 2.05) is 0 Å². The van der Waals surface area contributed by atoms with E-state index in [2.05, 4.69) is 50.3 Å². The Morgan fingerprint density at radius 3 is 2.27 bits per heavy atom. The van der Waals surface area contributed by atoms with Crippen LogP contribution in [0.4, 0.5) is 0 Å². The van der Waals surface area contributed by atoms with Crippen molar-refractivity contribution in [2.75, 3.05) is 0 Å². The van der Waals surface area contributed by atoms with Crippen LogP contribution in [0.15, 0.2) is 36.4 Å².